The number of hydrogen-bond donors (Lipinski definition) is 1. The molecule has 1 amide bonds. The fourth-order valence-corrected chi connectivity index (χ4v) is 4.39. The Morgan fingerprint density at radius 2 is 1.66 bits per heavy atom. The third kappa shape index (κ3) is 2.78. The first kappa shape index (κ1) is 17.5. The monoisotopic (exact) mass is 378 g/mol. The number of rotatable bonds is 4. The highest BCUT2D eigenvalue weighted by molar-refractivity contribution is 6.18. The number of benzene rings is 4. The van der Waals surface area contributed by atoms with E-state index < -0.39 is 0 Å². The molecule has 0 saturated heterocycles. The van der Waals surface area contributed by atoms with E-state index >= 15 is 0 Å². The largest absolute Gasteiger partial charge is 0.366 e. The Morgan fingerprint density at radius 3 is 2.48 bits per heavy atom. The molecule has 5 aromatic rings. The summed E-state index contributed by atoms with van der Waals surface area (Å²) in [6.45, 7) is 2.89. The molecule has 1 heterocycles. The molecule has 0 spiro atoms. The second-order valence-corrected chi connectivity index (χ2v) is 7.49. The quantitative estimate of drug-likeness (QED) is 0.431. The lowest BCUT2D eigenvalue weighted by Gasteiger charge is -2.11. The number of carbonyl (C=O) groups is 1. The number of nitrogens with two attached hydrogens (primary N) is 1. The van der Waals surface area contributed by atoms with Gasteiger partial charge in [0.05, 0.1) is 5.52 Å². The number of primary amides is 1. The summed E-state index contributed by atoms with van der Waals surface area (Å²) in [5.41, 5.74) is 11.0. The fraction of sp³-hybridized carbons (Fsp3) is 0.115. The van der Waals surface area contributed by atoms with Crippen molar-refractivity contribution >= 4 is 38.5 Å². The van der Waals surface area contributed by atoms with Crippen LogP contribution >= 0.6 is 0 Å². The van der Waals surface area contributed by atoms with Crippen molar-refractivity contribution in [2.45, 2.75) is 19.9 Å². The van der Waals surface area contributed by atoms with Gasteiger partial charge in [0.15, 0.2) is 0 Å². The molecule has 0 radical (unpaired) electrons. The summed E-state index contributed by atoms with van der Waals surface area (Å²) < 4.78 is 2.32. The first-order valence-corrected chi connectivity index (χ1v) is 9.97. The Kier molecular flexibility index (Phi) is 4.09. The van der Waals surface area contributed by atoms with Gasteiger partial charge >= 0.3 is 0 Å². The second kappa shape index (κ2) is 6.78. The van der Waals surface area contributed by atoms with Gasteiger partial charge in [-0.25, -0.2) is 0 Å². The number of amides is 1. The number of fused-ring (bicyclic) bond motifs is 4. The molecule has 0 atom stereocenters. The van der Waals surface area contributed by atoms with Crippen LogP contribution in [0.15, 0.2) is 78.9 Å². The van der Waals surface area contributed by atoms with Gasteiger partial charge in [-0.1, -0.05) is 67.6 Å². The molecule has 0 unspecified atom stereocenters. The molecule has 3 heteroatoms. The molecule has 0 aliphatic carbocycles. The molecule has 0 saturated carbocycles. The Balaban J connectivity index is 1.83. The third-order valence-corrected chi connectivity index (χ3v) is 5.84. The molecule has 0 aliphatic heterocycles. The summed E-state index contributed by atoms with van der Waals surface area (Å²) >= 11 is 0. The van der Waals surface area contributed by atoms with E-state index in [9.17, 15) is 4.79 Å². The topological polar surface area (TPSA) is 48.0 Å². The Morgan fingerprint density at radius 1 is 0.862 bits per heavy atom. The third-order valence-electron chi connectivity index (χ3n) is 5.84. The predicted octanol–water partition coefficient (Wildman–Crippen LogP) is 5.66. The van der Waals surface area contributed by atoms with Crippen molar-refractivity contribution in [3.63, 3.8) is 0 Å². The van der Waals surface area contributed by atoms with Crippen molar-refractivity contribution in [1.82, 2.24) is 4.57 Å². The van der Waals surface area contributed by atoms with E-state index in [1.165, 1.54) is 21.9 Å². The van der Waals surface area contributed by atoms with Crippen LogP contribution in [0.25, 0.3) is 32.6 Å². The summed E-state index contributed by atoms with van der Waals surface area (Å²) in [6, 6.07) is 27.2. The van der Waals surface area contributed by atoms with E-state index in [4.69, 9.17) is 5.73 Å². The van der Waals surface area contributed by atoms with Gasteiger partial charge < -0.3 is 10.3 Å². The molecule has 142 valence electrons. The van der Waals surface area contributed by atoms with Gasteiger partial charge in [-0.2, -0.15) is 0 Å². The van der Waals surface area contributed by atoms with Crippen molar-refractivity contribution in [2.24, 2.45) is 5.73 Å². The van der Waals surface area contributed by atoms with Crippen LogP contribution in [0.3, 0.4) is 0 Å². The number of nitrogens with zero attached hydrogens (tertiary/aromatic N) is 1. The maximum Gasteiger partial charge on any atom is 0.249 e. The molecular weight excluding hydrogens is 356 g/mol. The van der Waals surface area contributed by atoms with Crippen molar-refractivity contribution in [2.75, 3.05) is 0 Å². The molecule has 29 heavy (non-hydrogen) atoms. The van der Waals surface area contributed by atoms with Gasteiger partial charge in [-0.15, -0.1) is 0 Å². The van der Waals surface area contributed by atoms with E-state index in [1.807, 2.05) is 12.1 Å². The van der Waals surface area contributed by atoms with Gasteiger partial charge in [0.2, 0.25) is 5.91 Å². The van der Waals surface area contributed by atoms with Gasteiger partial charge in [0.1, 0.15) is 0 Å². The first-order valence-electron chi connectivity index (χ1n) is 9.97. The zero-order valence-corrected chi connectivity index (χ0v) is 16.4. The molecular formula is C26H22N2O. The zero-order valence-electron chi connectivity index (χ0n) is 16.4. The van der Waals surface area contributed by atoms with Gasteiger partial charge in [0.25, 0.3) is 0 Å². The summed E-state index contributed by atoms with van der Waals surface area (Å²) in [7, 11) is 0. The van der Waals surface area contributed by atoms with Gasteiger partial charge in [-0.05, 0) is 46.5 Å². The molecule has 2 N–H and O–H groups in total. The van der Waals surface area contributed by atoms with E-state index in [2.05, 4.69) is 78.2 Å². The Bertz CT molecular complexity index is 1390. The maximum atomic E-state index is 12.1. The van der Waals surface area contributed by atoms with Crippen molar-refractivity contribution in [1.29, 1.82) is 0 Å². The van der Waals surface area contributed by atoms with Crippen LogP contribution in [0.4, 0.5) is 0 Å². The van der Waals surface area contributed by atoms with Crippen molar-refractivity contribution in [3.8, 4) is 0 Å². The summed E-state index contributed by atoms with van der Waals surface area (Å²) in [4.78, 5) is 12.1. The maximum absolute atomic E-state index is 12.1. The van der Waals surface area contributed by atoms with E-state index in [0.717, 1.165) is 34.8 Å². The smallest absolute Gasteiger partial charge is 0.249 e. The average molecular weight is 378 g/mol. The van der Waals surface area contributed by atoms with Crippen LogP contribution < -0.4 is 5.73 Å². The van der Waals surface area contributed by atoms with E-state index in [1.54, 1.807) is 0 Å². The van der Waals surface area contributed by atoms with Crippen LogP contribution in [0, 0.1) is 0 Å². The van der Waals surface area contributed by atoms with Crippen molar-refractivity contribution in [3.05, 3.63) is 95.6 Å². The number of aromatic nitrogens is 1. The summed E-state index contributed by atoms with van der Waals surface area (Å²) in [6.07, 6.45) is 0.967. The lowest BCUT2D eigenvalue weighted by Crippen LogP contribution is -2.11. The minimum atomic E-state index is -0.389. The molecule has 3 nitrogen and oxygen atoms in total. The summed E-state index contributed by atoms with van der Waals surface area (Å²) in [5.74, 6) is -0.389. The Hall–Kier alpha value is -3.59. The van der Waals surface area contributed by atoms with Crippen LogP contribution in [-0.2, 0) is 13.0 Å². The van der Waals surface area contributed by atoms with Crippen LogP contribution in [-0.4, -0.2) is 10.5 Å². The zero-order chi connectivity index (χ0) is 20.0. The molecule has 0 bridgehead atoms. The van der Waals surface area contributed by atoms with Gasteiger partial charge in [0, 0.05) is 28.4 Å². The standard InChI is InChI=1S/C26H22N2O/c1-2-17-13-14-21-24(15-17)28(23-12-6-11-22(25(21)23)26(27)29)16-19-9-5-8-18-7-3-4-10-20(18)19/h3-15H,2,16H2,1H3,(H2,27,29). The lowest BCUT2D eigenvalue weighted by atomic mass is 10.0. The minimum Gasteiger partial charge on any atom is -0.366 e. The molecule has 5 rings (SSSR count). The molecule has 0 fully saturated rings. The number of aryl methyl sites for hydroxylation is 1. The minimum absolute atomic E-state index is 0.389. The lowest BCUT2D eigenvalue weighted by molar-refractivity contribution is 0.100. The van der Waals surface area contributed by atoms with Crippen LogP contribution in [0.5, 0.6) is 0 Å². The fourth-order valence-electron chi connectivity index (χ4n) is 4.39. The summed E-state index contributed by atoms with van der Waals surface area (Å²) in [5, 5.41) is 4.50. The van der Waals surface area contributed by atoms with E-state index in [0.29, 0.717) is 5.56 Å². The highest BCUT2D eigenvalue weighted by atomic mass is 16.1. The number of carbonyl (C=O) groups excluding carboxylic acids is 1. The first-order chi connectivity index (χ1) is 14.2. The van der Waals surface area contributed by atoms with Crippen molar-refractivity contribution < 1.29 is 4.79 Å². The second-order valence-electron chi connectivity index (χ2n) is 7.49. The van der Waals surface area contributed by atoms with E-state index in [-0.39, 0.29) is 5.91 Å². The SMILES string of the molecule is CCc1ccc2c3c(C(N)=O)cccc3n(Cc3cccc4ccccc34)c2c1. The predicted molar refractivity (Wildman–Crippen MR) is 120 cm³/mol. The Labute approximate surface area is 169 Å². The van der Waals surface area contributed by atoms with Crippen LogP contribution in [0.2, 0.25) is 0 Å². The number of hydrogen-bond acceptors (Lipinski definition) is 1. The highest BCUT2D eigenvalue weighted by Crippen LogP contribution is 2.34. The average Bonchev–Trinajstić information content (AvgIpc) is 3.07. The molecule has 0 aliphatic rings. The van der Waals surface area contributed by atoms with Gasteiger partial charge in [-0.3, -0.25) is 4.79 Å². The molecule has 4 aromatic carbocycles. The van der Waals surface area contributed by atoms with Crippen LogP contribution in [0.1, 0.15) is 28.4 Å². The molecule has 1 aromatic heterocycles. The highest BCUT2D eigenvalue weighted by Gasteiger charge is 2.17. The normalized spacial score (nSPS) is 11.5.